The van der Waals surface area contributed by atoms with Crippen LogP contribution in [-0.4, -0.2) is 36.0 Å². The van der Waals surface area contributed by atoms with E-state index in [-0.39, 0.29) is 11.2 Å². The summed E-state index contributed by atoms with van der Waals surface area (Å²) in [5.41, 5.74) is 0. The molecule has 2 unspecified atom stereocenters. The molecule has 2 fully saturated rings. The van der Waals surface area contributed by atoms with Crippen molar-refractivity contribution in [3.05, 3.63) is 0 Å². The summed E-state index contributed by atoms with van der Waals surface area (Å²) in [6, 6.07) is 0.506. The Balaban J connectivity index is 1.65. The van der Waals surface area contributed by atoms with Gasteiger partial charge < -0.3 is 10.6 Å². The number of piperidine rings is 1. The van der Waals surface area contributed by atoms with E-state index >= 15 is 0 Å². The van der Waals surface area contributed by atoms with Crippen molar-refractivity contribution in [3.8, 4) is 0 Å². The lowest BCUT2D eigenvalue weighted by Crippen LogP contribution is -2.45. The van der Waals surface area contributed by atoms with Crippen molar-refractivity contribution < 1.29 is 4.79 Å². The molecule has 2 saturated heterocycles. The van der Waals surface area contributed by atoms with Gasteiger partial charge in [0.05, 0.1) is 5.25 Å². The largest absolute Gasteiger partial charge is 0.354 e. The maximum Gasteiger partial charge on any atom is 0.233 e. The highest BCUT2D eigenvalue weighted by Gasteiger charge is 2.22. The standard InChI is InChI=1S/C12H22N2OS/c15-12(11-6-2-4-8-16-11)14-9-10-5-1-3-7-13-10/h10-11,13H,1-9H2,(H,14,15). The first-order valence-corrected chi connectivity index (χ1v) is 7.54. The predicted molar refractivity (Wildman–Crippen MR) is 68.7 cm³/mol. The van der Waals surface area contributed by atoms with Gasteiger partial charge >= 0.3 is 0 Å². The molecule has 2 N–H and O–H groups in total. The second kappa shape index (κ2) is 6.50. The van der Waals surface area contributed by atoms with Crippen molar-refractivity contribution in [2.45, 2.75) is 49.8 Å². The zero-order valence-corrected chi connectivity index (χ0v) is 10.7. The zero-order valence-electron chi connectivity index (χ0n) is 9.84. The van der Waals surface area contributed by atoms with E-state index < -0.39 is 0 Å². The van der Waals surface area contributed by atoms with Crippen LogP contribution >= 0.6 is 11.8 Å². The van der Waals surface area contributed by atoms with Crippen LogP contribution in [0, 0.1) is 0 Å². The molecule has 2 heterocycles. The second-order valence-electron chi connectivity index (χ2n) is 4.75. The summed E-state index contributed by atoms with van der Waals surface area (Å²) >= 11 is 1.83. The van der Waals surface area contributed by atoms with Crippen LogP contribution < -0.4 is 10.6 Å². The van der Waals surface area contributed by atoms with Crippen LogP contribution in [0.15, 0.2) is 0 Å². The van der Waals surface area contributed by atoms with Gasteiger partial charge in [-0.2, -0.15) is 0 Å². The van der Waals surface area contributed by atoms with Gasteiger partial charge in [-0.05, 0) is 38.0 Å². The lowest BCUT2D eigenvalue weighted by atomic mass is 10.1. The van der Waals surface area contributed by atoms with Crippen LogP contribution in [-0.2, 0) is 4.79 Å². The average molecular weight is 242 g/mol. The van der Waals surface area contributed by atoms with E-state index in [2.05, 4.69) is 10.6 Å². The Hall–Kier alpha value is -0.220. The van der Waals surface area contributed by atoms with Crippen LogP contribution in [0.25, 0.3) is 0 Å². The van der Waals surface area contributed by atoms with Crippen LogP contribution in [0.4, 0.5) is 0 Å². The summed E-state index contributed by atoms with van der Waals surface area (Å²) in [5, 5.41) is 6.78. The number of nitrogens with one attached hydrogen (secondary N) is 2. The third kappa shape index (κ3) is 3.67. The van der Waals surface area contributed by atoms with Crippen LogP contribution in [0.5, 0.6) is 0 Å². The van der Waals surface area contributed by atoms with Gasteiger partial charge in [0.25, 0.3) is 0 Å². The predicted octanol–water partition coefficient (Wildman–Crippen LogP) is 1.53. The van der Waals surface area contributed by atoms with Gasteiger partial charge in [0.15, 0.2) is 0 Å². The van der Waals surface area contributed by atoms with E-state index in [4.69, 9.17) is 0 Å². The topological polar surface area (TPSA) is 41.1 Å². The minimum absolute atomic E-state index is 0.220. The highest BCUT2D eigenvalue weighted by molar-refractivity contribution is 8.00. The van der Waals surface area contributed by atoms with Crippen molar-refractivity contribution >= 4 is 17.7 Å². The molecule has 0 radical (unpaired) electrons. The lowest BCUT2D eigenvalue weighted by molar-refractivity contribution is -0.120. The smallest absolute Gasteiger partial charge is 0.233 e. The molecule has 4 heteroatoms. The number of amides is 1. The molecule has 0 aromatic carbocycles. The number of thioether (sulfide) groups is 1. The number of carbonyl (C=O) groups is 1. The molecule has 2 aliphatic heterocycles. The third-order valence-corrected chi connectivity index (χ3v) is 4.78. The number of hydrogen-bond acceptors (Lipinski definition) is 3. The average Bonchev–Trinajstić information content (AvgIpc) is 2.38. The normalized spacial score (nSPS) is 31.0. The highest BCUT2D eigenvalue weighted by atomic mass is 32.2. The third-order valence-electron chi connectivity index (χ3n) is 3.41. The van der Waals surface area contributed by atoms with Crippen LogP contribution in [0.1, 0.15) is 38.5 Å². The van der Waals surface area contributed by atoms with E-state index in [9.17, 15) is 4.79 Å². The molecule has 2 rings (SSSR count). The fourth-order valence-electron chi connectivity index (χ4n) is 2.38. The number of carbonyl (C=O) groups excluding carboxylic acids is 1. The molecule has 0 spiro atoms. The summed E-state index contributed by atoms with van der Waals surface area (Å²) in [7, 11) is 0. The van der Waals surface area contributed by atoms with Gasteiger partial charge in [0.1, 0.15) is 0 Å². The maximum atomic E-state index is 11.9. The van der Waals surface area contributed by atoms with E-state index in [1.165, 1.54) is 32.1 Å². The first kappa shape index (κ1) is 12.2. The van der Waals surface area contributed by atoms with Gasteiger partial charge in [-0.3, -0.25) is 4.79 Å². The molecule has 0 aromatic rings. The molecule has 0 saturated carbocycles. The summed E-state index contributed by atoms with van der Waals surface area (Å²) in [6.07, 6.45) is 7.34. The molecule has 3 nitrogen and oxygen atoms in total. The number of hydrogen-bond donors (Lipinski definition) is 2. The first-order valence-electron chi connectivity index (χ1n) is 6.49. The van der Waals surface area contributed by atoms with Crippen molar-refractivity contribution in [1.29, 1.82) is 0 Å². The van der Waals surface area contributed by atoms with Crippen molar-refractivity contribution in [2.75, 3.05) is 18.8 Å². The van der Waals surface area contributed by atoms with Gasteiger partial charge in [-0.25, -0.2) is 0 Å². The Morgan fingerprint density at radius 2 is 2.12 bits per heavy atom. The second-order valence-corrected chi connectivity index (χ2v) is 6.06. The minimum atomic E-state index is 0.220. The summed E-state index contributed by atoms with van der Waals surface area (Å²) in [4.78, 5) is 11.9. The molecule has 16 heavy (non-hydrogen) atoms. The Bertz CT molecular complexity index is 223. The van der Waals surface area contributed by atoms with E-state index in [0.29, 0.717) is 6.04 Å². The van der Waals surface area contributed by atoms with E-state index in [1.807, 2.05) is 11.8 Å². The number of rotatable bonds is 3. The Kier molecular flexibility index (Phi) is 4.97. The van der Waals surface area contributed by atoms with Gasteiger partial charge in [0.2, 0.25) is 5.91 Å². The summed E-state index contributed by atoms with van der Waals surface area (Å²) < 4.78 is 0. The quantitative estimate of drug-likeness (QED) is 0.788. The van der Waals surface area contributed by atoms with Gasteiger partial charge in [-0.15, -0.1) is 11.8 Å². The first-order chi connectivity index (χ1) is 7.86. The zero-order chi connectivity index (χ0) is 11.2. The van der Waals surface area contributed by atoms with Crippen LogP contribution in [0.2, 0.25) is 0 Å². The summed E-state index contributed by atoms with van der Waals surface area (Å²) in [5.74, 6) is 1.41. The Morgan fingerprint density at radius 3 is 2.81 bits per heavy atom. The molecule has 0 aliphatic carbocycles. The Labute approximate surface area is 102 Å². The van der Waals surface area contributed by atoms with Crippen molar-refractivity contribution in [1.82, 2.24) is 10.6 Å². The molecule has 0 bridgehead atoms. The fourth-order valence-corrected chi connectivity index (χ4v) is 3.61. The fraction of sp³-hybridized carbons (Fsp3) is 0.917. The van der Waals surface area contributed by atoms with Gasteiger partial charge in [-0.1, -0.05) is 12.8 Å². The molecular formula is C12H22N2OS. The monoisotopic (exact) mass is 242 g/mol. The highest BCUT2D eigenvalue weighted by Crippen LogP contribution is 2.24. The molecule has 2 atom stereocenters. The maximum absolute atomic E-state index is 11.9. The van der Waals surface area contributed by atoms with Crippen molar-refractivity contribution in [2.24, 2.45) is 0 Å². The van der Waals surface area contributed by atoms with Gasteiger partial charge in [0, 0.05) is 12.6 Å². The van der Waals surface area contributed by atoms with Crippen molar-refractivity contribution in [3.63, 3.8) is 0 Å². The SMILES string of the molecule is O=C(NCC1CCCCN1)C1CCCCS1. The molecule has 2 aliphatic rings. The van der Waals surface area contributed by atoms with Crippen LogP contribution in [0.3, 0.4) is 0 Å². The lowest BCUT2D eigenvalue weighted by Gasteiger charge is -2.25. The van der Waals surface area contributed by atoms with E-state index in [0.717, 1.165) is 25.3 Å². The minimum Gasteiger partial charge on any atom is -0.354 e. The van der Waals surface area contributed by atoms with E-state index in [1.54, 1.807) is 0 Å². The Morgan fingerprint density at radius 1 is 1.25 bits per heavy atom. The summed E-state index contributed by atoms with van der Waals surface area (Å²) in [6.45, 7) is 1.93. The molecule has 1 amide bonds. The molecule has 0 aromatic heterocycles. The molecular weight excluding hydrogens is 220 g/mol. The molecule has 92 valence electrons.